The van der Waals surface area contributed by atoms with E-state index in [-0.39, 0.29) is 23.7 Å². The van der Waals surface area contributed by atoms with Crippen molar-refractivity contribution in [2.45, 2.75) is 38.2 Å². The molecule has 2 N–H and O–H groups in total. The summed E-state index contributed by atoms with van der Waals surface area (Å²) in [5.41, 5.74) is 1.61. The van der Waals surface area contributed by atoms with Crippen LogP contribution in [-0.4, -0.2) is 40.2 Å². The summed E-state index contributed by atoms with van der Waals surface area (Å²) in [5, 5.41) is 20.0. The van der Waals surface area contributed by atoms with E-state index in [0.29, 0.717) is 36.0 Å². The van der Waals surface area contributed by atoms with E-state index in [0.717, 1.165) is 18.4 Å². The van der Waals surface area contributed by atoms with Gasteiger partial charge in [0, 0.05) is 31.0 Å². The van der Waals surface area contributed by atoms with Crippen LogP contribution in [0.15, 0.2) is 12.1 Å². The van der Waals surface area contributed by atoms with E-state index >= 15 is 0 Å². The number of aryl methyl sites for hydroxylation is 1. The Labute approximate surface area is 129 Å². The van der Waals surface area contributed by atoms with Gasteiger partial charge in [0.05, 0.1) is 11.1 Å². The first-order chi connectivity index (χ1) is 9.95. The molecular formula is C16H20ClNO3. The number of carbonyl (C=O) groups excluding carboxylic acids is 1. The molecule has 4 nitrogen and oxygen atoms in total. The quantitative estimate of drug-likeness (QED) is 0.901. The Balaban J connectivity index is 1.74. The number of hydrogen-bond donors (Lipinski definition) is 2. The standard InChI is InChI=1S/C16H20ClNO3/c1-9-2-3-13(20)15(16(9)17)11-6-14(21)18(8-11)7-10-4-12(19)5-10/h2-3,10-12,19-20H,4-8H2,1H3/t10?,11-,12?/m1/s1. The fourth-order valence-corrected chi connectivity index (χ4v) is 3.70. The van der Waals surface area contributed by atoms with Gasteiger partial charge in [0.15, 0.2) is 0 Å². The predicted molar refractivity (Wildman–Crippen MR) is 80.5 cm³/mol. The average molecular weight is 310 g/mol. The number of aliphatic hydroxyl groups is 1. The van der Waals surface area contributed by atoms with Gasteiger partial charge in [-0.1, -0.05) is 17.7 Å². The zero-order valence-corrected chi connectivity index (χ0v) is 12.8. The Hall–Kier alpha value is -1.26. The topological polar surface area (TPSA) is 60.8 Å². The highest BCUT2D eigenvalue weighted by Crippen LogP contribution is 2.40. The van der Waals surface area contributed by atoms with Crippen molar-refractivity contribution in [2.24, 2.45) is 5.92 Å². The minimum atomic E-state index is -0.196. The highest BCUT2D eigenvalue weighted by atomic mass is 35.5. The second kappa shape index (κ2) is 5.50. The van der Waals surface area contributed by atoms with Crippen molar-refractivity contribution in [1.29, 1.82) is 0 Å². The molecule has 2 fully saturated rings. The van der Waals surface area contributed by atoms with E-state index < -0.39 is 0 Å². The van der Waals surface area contributed by atoms with Gasteiger partial charge in [0.2, 0.25) is 5.91 Å². The Bertz CT molecular complexity index is 569. The summed E-state index contributed by atoms with van der Waals surface area (Å²) in [6.45, 7) is 3.20. The summed E-state index contributed by atoms with van der Waals surface area (Å²) in [7, 11) is 0. The Kier molecular flexibility index (Phi) is 3.84. The van der Waals surface area contributed by atoms with Crippen LogP contribution in [-0.2, 0) is 4.79 Å². The Morgan fingerprint density at radius 2 is 2.10 bits per heavy atom. The Morgan fingerprint density at radius 1 is 1.38 bits per heavy atom. The number of phenols is 1. The van der Waals surface area contributed by atoms with Crippen molar-refractivity contribution in [1.82, 2.24) is 4.90 Å². The van der Waals surface area contributed by atoms with Crippen LogP contribution in [0.4, 0.5) is 0 Å². The van der Waals surface area contributed by atoms with Gasteiger partial charge in [-0.05, 0) is 37.3 Å². The van der Waals surface area contributed by atoms with Gasteiger partial charge in [-0.2, -0.15) is 0 Å². The normalized spacial score (nSPS) is 28.8. The SMILES string of the molecule is Cc1ccc(O)c([C@@H]2CC(=O)N(CC3CC(O)C3)C2)c1Cl. The van der Waals surface area contributed by atoms with Crippen LogP contribution >= 0.6 is 11.6 Å². The molecular weight excluding hydrogens is 290 g/mol. The minimum Gasteiger partial charge on any atom is -0.508 e. The monoisotopic (exact) mass is 309 g/mol. The third kappa shape index (κ3) is 2.74. The maximum atomic E-state index is 12.2. The lowest BCUT2D eigenvalue weighted by Crippen LogP contribution is -2.39. The fourth-order valence-electron chi connectivity index (χ4n) is 3.38. The van der Waals surface area contributed by atoms with Gasteiger partial charge in [0.25, 0.3) is 0 Å². The maximum absolute atomic E-state index is 12.2. The van der Waals surface area contributed by atoms with Crippen LogP contribution in [0.3, 0.4) is 0 Å². The van der Waals surface area contributed by atoms with Crippen molar-refractivity contribution < 1.29 is 15.0 Å². The van der Waals surface area contributed by atoms with Crippen molar-refractivity contribution in [2.75, 3.05) is 13.1 Å². The fraction of sp³-hybridized carbons (Fsp3) is 0.562. The van der Waals surface area contributed by atoms with E-state index in [4.69, 9.17) is 11.6 Å². The number of amides is 1. The van der Waals surface area contributed by atoms with Crippen LogP contribution < -0.4 is 0 Å². The van der Waals surface area contributed by atoms with Gasteiger partial charge >= 0.3 is 0 Å². The molecule has 2 aliphatic rings. The number of phenolic OH excluding ortho intramolecular Hbond substituents is 1. The van der Waals surface area contributed by atoms with Gasteiger partial charge in [-0.3, -0.25) is 4.79 Å². The number of halogens is 1. The molecule has 1 aliphatic carbocycles. The minimum absolute atomic E-state index is 0.0464. The molecule has 5 heteroatoms. The lowest BCUT2D eigenvalue weighted by molar-refractivity contribution is -0.129. The average Bonchev–Trinajstić information content (AvgIpc) is 2.74. The molecule has 0 spiro atoms. The number of likely N-dealkylation sites (tertiary alicyclic amines) is 1. The third-order valence-electron chi connectivity index (χ3n) is 4.66. The van der Waals surface area contributed by atoms with E-state index in [1.807, 2.05) is 11.8 Å². The molecule has 1 heterocycles. The molecule has 1 aromatic carbocycles. The third-order valence-corrected chi connectivity index (χ3v) is 5.16. The summed E-state index contributed by atoms with van der Waals surface area (Å²) in [6, 6.07) is 3.43. The molecule has 1 aliphatic heterocycles. The van der Waals surface area contributed by atoms with E-state index in [1.165, 1.54) is 0 Å². The lowest BCUT2D eigenvalue weighted by atomic mass is 9.82. The van der Waals surface area contributed by atoms with Crippen molar-refractivity contribution >= 4 is 17.5 Å². The Morgan fingerprint density at radius 3 is 2.76 bits per heavy atom. The highest BCUT2D eigenvalue weighted by Gasteiger charge is 2.37. The summed E-state index contributed by atoms with van der Waals surface area (Å²) in [4.78, 5) is 14.0. The van der Waals surface area contributed by atoms with Crippen molar-refractivity contribution in [3.63, 3.8) is 0 Å². The number of hydrogen-bond acceptors (Lipinski definition) is 3. The van der Waals surface area contributed by atoms with Crippen LogP contribution in [0.5, 0.6) is 5.75 Å². The van der Waals surface area contributed by atoms with Gasteiger partial charge in [-0.25, -0.2) is 0 Å². The number of aromatic hydroxyl groups is 1. The van der Waals surface area contributed by atoms with E-state index in [1.54, 1.807) is 12.1 Å². The molecule has 1 saturated carbocycles. The first-order valence-corrected chi connectivity index (χ1v) is 7.77. The first-order valence-electron chi connectivity index (χ1n) is 7.39. The zero-order chi connectivity index (χ0) is 15.1. The summed E-state index contributed by atoms with van der Waals surface area (Å²) in [6.07, 6.45) is 1.76. The first kappa shape index (κ1) is 14.7. The van der Waals surface area contributed by atoms with Crippen molar-refractivity contribution in [3.8, 4) is 5.75 Å². The lowest BCUT2D eigenvalue weighted by Gasteiger charge is -2.34. The molecule has 1 atom stereocenters. The summed E-state index contributed by atoms with van der Waals surface area (Å²) < 4.78 is 0. The van der Waals surface area contributed by atoms with Crippen LogP contribution in [0.25, 0.3) is 0 Å². The molecule has 0 unspecified atom stereocenters. The molecule has 1 aromatic rings. The smallest absolute Gasteiger partial charge is 0.223 e. The predicted octanol–water partition coefficient (Wildman–Crippen LogP) is 2.44. The van der Waals surface area contributed by atoms with Crippen LogP contribution in [0, 0.1) is 12.8 Å². The maximum Gasteiger partial charge on any atom is 0.223 e. The van der Waals surface area contributed by atoms with E-state index in [2.05, 4.69) is 0 Å². The van der Waals surface area contributed by atoms with Crippen LogP contribution in [0.1, 0.15) is 36.3 Å². The molecule has 21 heavy (non-hydrogen) atoms. The molecule has 0 radical (unpaired) electrons. The molecule has 0 bridgehead atoms. The number of carbonyl (C=O) groups is 1. The number of rotatable bonds is 3. The number of nitrogens with zero attached hydrogens (tertiary/aromatic N) is 1. The highest BCUT2D eigenvalue weighted by molar-refractivity contribution is 6.32. The summed E-state index contributed by atoms with van der Waals surface area (Å²) >= 11 is 6.31. The second-order valence-electron chi connectivity index (χ2n) is 6.32. The molecule has 0 aromatic heterocycles. The van der Waals surface area contributed by atoms with Gasteiger partial charge in [-0.15, -0.1) is 0 Å². The molecule has 114 valence electrons. The number of benzene rings is 1. The van der Waals surface area contributed by atoms with Gasteiger partial charge < -0.3 is 15.1 Å². The summed E-state index contributed by atoms with van der Waals surface area (Å²) in [5.74, 6) is 0.641. The van der Waals surface area contributed by atoms with Crippen molar-refractivity contribution in [3.05, 3.63) is 28.3 Å². The van der Waals surface area contributed by atoms with Crippen LogP contribution in [0.2, 0.25) is 5.02 Å². The zero-order valence-electron chi connectivity index (χ0n) is 12.1. The second-order valence-corrected chi connectivity index (χ2v) is 6.70. The van der Waals surface area contributed by atoms with Gasteiger partial charge in [0.1, 0.15) is 5.75 Å². The molecule has 3 rings (SSSR count). The van der Waals surface area contributed by atoms with E-state index in [9.17, 15) is 15.0 Å². The largest absolute Gasteiger partial charge is 0.508 e. The number of aliphatic hydroxyl groups excluding tert-OH is 1. The molecule has 1 amide bonds. The molecule has 1 saturated heterocycles.